The van der Waals surface area contributed by atoms with Gasteiger partial charge in [0.25, 0.3) is 0 Å². The summed E-state index contributed by atoms with van der Waals surface area (Å²) in [6, 6.07) is 0.510. The molecule has 0 amide bonds. The van der Waals surface area contributed by atoms with E-state index in [1.54, 1.807) is 7.11 Å². The molecule has 2 fully saturated rings. The Morgan fingerprint density at radius 2 is 2.14 bits per heavy atom. The molecular formula is C12H23NO. The number of ether oxygens (including phenoxy) is 1. The zero-order valence-electron chi connectivity index (χ0n) is 9.51. The first kappa shape index (κ1) is 10.4. The van der Waals surface area contributed by atoms with Gasteiger partial charge in [0.15, 0.2) is 0 Å². The molecule has 2 aliphatic carbocycles. The minimum atomic E-state index is 0.510. The first-order valence-corrected chi connectivity index (χ1v) is 5.99. The average Bonchev–Trinajstić information content (AvgIpc) is 2.87. The van der Waals surface area contributed by atoms with Gasteiger partial charge in [-0.1, -0.05) is 6.42 Å². The zero-order chi connectivity index (χ0) is 10.0. The van der Waals surface area contributed by atoms with Gasteiger partial charge in [-0.25, -0.2) is 0 Å². The Kier molecular flexibility index (Phi) is 3.13. The predicted octanol–water partition coefficient (Wildman–Crippen LogP) is 2.19. The van der Waals surface area contributed by atoms with Crippen LogP contribution in [0.4, 0.5) is 0 Å². The van der Waals surface area contributed by atoms with Gasteiger partial charge in [-0.15, -0.1) is 0 Å². The van der Waals surface area contributed by atoms with Gasteiger partial charge in [-0.05, 0) is 43.9 Å². The van der Waals surface area contributed by atoms with Crippen molar-refractivity contribution in [3.05, 3.63) is 0 Å². The molecule has 2 nitrogen and oxygen atoms in total. The van der Waals surface area contributed by atoms with E-state index in [0.717, 1.165) is 12.5 Å². The lowest BCUT2D eigenvalue weighted by atomic mass is 9.65. The van der Waals surface area contributed by atoms with E-state index in [2.05, 4.69) is 12.2 Å². The minimum absolute atomic E-state index is 0.510. The third-order valence-electron chi connectivity index (χ3n) is 4.01. The molecule has 0 spiro atoms. The van der Waals surface area contributed by atoms with Crippen LogP contribution < -0.4 is 5.32 Å². The largest absolute Gasteiger partial charge is 0.383 e. The van der Waals surface area contributed by atoms with Gasteiger partial charge in [-0.3, -0.25) is 0 Å². The number of nitrogens with one attached hydrogen (secondary N) is 1. The molecule has 2 rings (SSSR count). The predicted molar refractivity (Wildman–Crippen MR) is 58.3 cm³/mol. The summed E-state index contributed by atoms with van der Waals surface area (Å²) in [5.74, 6) is 1.05. The van der Waals surface area contributed by atoms with Crippen molar-refractivity contribution in [1.82, 2.24) is 5.32 Å². The summed E-state index contributed by atoms with van der Waals surface area (Å²) in [5.41, 5.74) is 0.696. The van der Waals surface area contributed by atoms with Crippen LogP contribution in [0.15, 0.2) is 0 Å². The summed E-state index contributed by atoms with van der Waals surface area (Å²) in [6.45, 7) is 4.27. The molecule has 1 unspecified atom stereocenters. The molecule has 14 heavy (non-hydrogen) atoms. The molecule has 0 radical (unpaired) electrons. The maximum Gasteiger partial charge on any atom is 0.0613 e. The van der Waals surface area contributed by atoms with Crippen LogP contribution in [0.5, 0.6) is 0 Å². The maximum atomic E-state index is 5.13. The third kappa shape index (κ3) is 2.12. The van der Waals surface area contributed by atoms with E-state index in [1.165, 1.54) is 38.6 Å². The lowest BCUT2D eigenvalue weighted by molar-refractivity contribution is 0.0862. The molecule has 0 aromatic heterocycles. The lowest BCUT2D eigenvalue weighted by Gasteiger charge is -2.43. The van der Waals surface area contributed by atoms with Crippen molar-refractivity contribution in [2.24, 2.45) is 11.3 Å². The van der Waals surface area contributed by atoms with Crippen LogP contribution >= 0.6 is 0 Å². The van der Waals surface area contributed by atoms with Crippen LogP contribution in [0.1, 0.15) is 39.0 Å². The second-order valence-electron chi connectivity index (χ2n) is 5.23. The SMILES string of the molecule is COCC(C)NCC1(C2CC2)CCC1. The van der Waals surface area contributed by atoms with E-state index in [-0.39, 0.29) is 0 Å². The highest BCUT2D eigenvalue weighted by Gasteiger charge is 2.48. The topological polar surface area (TPSA) is 21.3 Å². The first-order chi connectivity index (χ1) is 6.77. The van der Waals surface area contributed by atoms with Crippen LogP contribution in [0.2, 0.25) is 0 Å². The molecule has 1 N–H and O–H groups in total. The van der Waals surface area contributed by atoms with Crippen LogP contribution in [0.25, 0.3) is 0 Å². The van der Waals surface area contributed by atoms with E-state index >= 15 is 0 Å². The highest BCUT2D eigenvalue weighted by Crippen LogP contribution is 2.56. The number of methoxy groups -OCH3 is 1. The van der Waals surface area contributed by atoms with Gasteiger partial charge >= 0.3 is 0 Å². The number of hydrogen-bond acceptors (Lipinski definition) is 2. The molecule has 2 aliphatic rings. The highest BCUT2D eigenvalue weighted by molar-refractivity contribution is 5.00. The Bertz CT molecular complexity index is 185. The summed E-state index contributed by atoms with van der Waals surface area (Å²) in [4.78, 5) is 0. The van der Waals surface area contributed by atoms with Crippen LogP contribution in [0.3, 0.4) is 0 Å². The van der Waals surface area contributed by atoms with Gasteiger partial charge in [0.1, 0.15) is 0 Å². The van der Waals surface area contributed by atoms with Crippen LogP contribution in [0, 0.1) is 11.3 Å². The quantitative estimate of drug-likeness (QED) is 0.705. The first-order valence-electron chi connectivity index (χ1n) is 5.99. The molecular weight excluding hydrogens is 174 g/mol. The smallest absolute Gasteiger partial charge is 0.0613 e. The highest BCUT2D eigenvalue weighted by atomic mass is 16.5. The minimum Gasteiger partial charge on any atom is -0.383 e. The number of rotatable bonds is 6. The Balaban J connectivity index is 1.72. The Labute approximate surface area is 87.4 Å². The third-order valence-corrected chi connectivity index (χ3v) is 4.01. The van der Waals surface area contributed by atoms with Gasteiger partial charge in [0.05, 0.1) is 6.61 Å². The molecule has 1 atom stereocenters. The average molecular weight is 197 g/mol. The van der Waals surface area contributed by atoms with E-state index < -0.39 is 0 Å². The van der Waals surface area contributed by atoms with Crippen molar-refractivity contribution in [3.63, 3.8) is 0 Å². The van der Waals surface area contributed by atoms with E-state index in [9.17, 15) is 0 Å². The van der Waals surface area contributed by atoms with Gasteiger partial charge < -0.3 is 10.1 Å². The fourth-order valence-corrected chi connectivity index (χ4v) is 2.74. The van der Waals surface area contributed by atoms with Crippen molar-refractivity contribution in [2.45, 2.75) is 45.1 Å². The molecule has 0 bridgehead atoms. The van der Waals surface area contributed by atoms with E-state index in [0.29, 0.717) is 11.5 Å². The second kappa shape index (κ2) is 4.19. The lowest BCUT2D eigenvalue weighted by Crippen LogP contribution is -2.45. The summed E-state index contributed by atoms with van der Waals surface area (Å²) in [6.07, 6.45) is 7.35. The second-order valence-corrected chi connectivity index (χ2v) is 5.23. The summed E-state index contributed by atoms with van der Waals surface area (Å²) in [5, 5.41) is 3.62. The van der Waals surface area contributed by atoms with Gasteiger partial charge in [0, 0.05) is 19.7 Å². The summed E-state index contributed by atoms with van der Waals surface area (Å²) < 4.78 is 5.13. The molecule has 82 valence electrons. The Morgan fingerprint density at radius 1 is 1.43 bits per heavy atom. The van der Waals surface area contributed by atoms with E-state index in [4.69, 9.17) is 4.74 Å². The normalized spacial score (nSPS) is 27.0. The number of hydrogen-bond donors (Lipinski definition) is 1. The Morgan fingerprint density at radius 3 is 2.57 bits per heavy atom. The Hall–Kier alpha value is -0.0800. The zero-order valence-corrected chi connectivity index (χ0v) is 9.51. The van der Waals surface area contributed by atoms with Crippen molar-refractivity contribution in [2.75, 3.05) is 20.3 Å². The van der Waals surface area contributed by atoms with Crippen molar-refractivity contribution in [1.29, 1.82) is 0 Å². The molecule has 0 aromatic carbocycles. The maximum absolute atomic E-state index is 5.13. The van der Waals surface area contributed by atoms with E-state index in [1.807, 2.05) is 0 Å². The fraction of sp³-hybridized carbons (Fsp3) is 1.00. The van der Waals surface area contributed by atoms with Gasteiger partial charge in [-0.2, -0.15) is 0 Å². The summed E-state index contributed by atoms with van der Waals surface area (Å²) >= 11 is 0. The fourth-order valence-electron chi connectivity index (χ4n) is 2.74. The molecule has 0 aromatic rings. The molecule has 2 saturated carbocycles. The van der Waals surface area contributed by atoms with Crippen LogP contribution in [-0.4, -0.2) is 26.3 Å². The van der Waals surface area contributed by atoms with Crippen molar-refractivity contribution in [3.8, 4) is 0 Å². The molecule has 0 saturated heterocycles. The molecule has 0 heterocycles. The monoisotopic (exact) mass is 197 g/mol. The summed E-state index contributed by atoms with van der Waals surface area (Å²) in [7, 11) is 1.78. The van der Waals surface area contributed by atoms with Crippen molar-refractivity contribution < 1.29 is 4.74 Å². The standard InChI is InChI=1S/C12H23NO/c1-10(8-14-2)13-9-12(6-3-7-12)11-4-5-11/h10-11,13H,3-9H2,1-2H3. The molecule has 0 aliphatic heterocycles. The molecule has 2 heteroatoms. The van der Waals surface area contributed by atoms with Crippen LogP contribution in [-0.2, 0) is 4.74 Å². The van der Waals surface area contributed by atoms with Gasteiger partial charge in [0.2, 0.25) is 0 Å². The van der Waals surface area contributed by atoms with Crippen molar-refractivity contribution >= 4 is 0 Å².